The first-order valence-electron chi connectivity index (χ1n) is 4.14. The maximum atomic E-state index is 11.2. The molecule has 0 fully saturated rings. The highest BCUT2D eigenvalue weighted by Crippen LogP contribution is 1.98. The summed E-state index contributed by atoms with van der Waals surface area (Å²) in [5, 5.41) is 2.59. The Morgan fingerprint density at radius 1 is 1.67 bits per heavy atom. The van der Waals surface area contributed by atoms with Crippen molar-refractivity contribution in [2.45, 2.75) is 19.9 Å². The Balaban J connectivity index is 4.03. The summed E-state index contributed by atoms with van der Waals surface area (Å²) in [4.78, 5) is 12.9. The summed E-state index contributed by atoms with van der Waals surface area (Å²) in [7, 11) is 3.26. The van der Waals surface area contributed by atoms with Gasteiger partial charge in [0, 0.05) is 20.7 Å². The number of carbonyl (C=O) groups excluding carboxylic acids is 1. The number of likely N-dealkylation sites (N-methyl/N-ethyl adjacent to an activating group) is 1. The molecule has 0 radical (unpaired) electrons. The Hall–Kier alpha value is -0.770. The highest BCUT2D eigenvalue weighted by molar-refractivity contribution is 5.74. The molecule has 0 spiro atoms. The smallest absolute Gasteiger partial charge is 0.317 e. The van der Waals surface area contributed by atoms with E-state index >= 15 is 0 Å². The average molecular weight is 174 g/mol. The third-order valence-corrected chi connectivity index (χ3v) is 1.76. The summed E-state index contributed by atoms with van der Waals surface area (Å²) in [6.07, 6.45) is 0. The van der Waals surface area contributed by atoms with E-state index in [4.69, 9.17) is 4.74 Å². The fourth-order valence-electron chi connectivity index (χ4n) is 1.13. The number of hydrogen-bond acceptors (Lipinski definition) is 2. The van der Waals surface area contributed by atoms with Gasteiger partial charge in [-0.05, 0) is 13.8 Å². The van der Waals surface area contributed by atoms with Crippen molar-refractivity contribution in [2.75, 3.05) is 27.3 Å². The third-order valence-electron chi connectivity index (χ3n) is 1.76. The molecule has 0 aliphatic carbocycles. The van der Waals surface area contributed by atoms with Gasteiger partial charge in [0.2, 0.25) is 0 Å². The van der Waals surface area contributed by atoms with E-state index in [-0.39, 0.29) is 12.1 Å². The van der Waals surface area contributed by atoms with Gasteiger partial charge in [0.1, 0.15) is 0 Å². The van der Waals surface area contributed by atoms with E-state index in [1.807, 2.05) is 13.8 Å². The number of carbonyl (C=O) groups is 1. The van der Waals surface area contributed by atoms with Crippen molar-refractivity contribution in [3.8, 4) is 0 Å². The van der Waals surface area contributed by atoms with Crippen LogP contribution in [0.25, 0.3) is 0 Å². The van der Waals surface area contributed by atoms with Gasteiger partial charge in [-0.1, -0.05) is 0 Å². The lowest BCUT2D eigenvalue weighted by molar-refractivity contribution is 0.115. The van der Waals surface area contributed by atoms with Crippen LogP contribution < -0.4 is 5.32 Å². The van der Waals surface area contributed by atoms with Crippen LogP contribution in [0.4, 0.5) is 4.79 Å². The predicted molar refractivity (Wildman–Crippen MR) is 48.2 cm³/mol. The summed E-state index contributed by atoms with van der Waals surface area (Å²) < 4.78 is 4.96. The third kappa shape index (κ3) is 3.09. The average Bonchev–Trinajstić information content (AvgIpc) is 2.06. The van der Waals surface area contributed by atoms with Crippen molar-refractivity contribution < 1.29 is 9.53 Å². The molecule has 0 bridgehead atoms. The molecular formula is C8H18N2O2. The molecule has 72 valence electrons. The van der Waals surface area contributed by atoms with Gasteiger partial charge >= 0.3 is 6.03 Å². The maximum Gasteiger partial charge on any atom is 0.317 e. The van der Waals surface area contributed by atoms with Crippen molar-refractivity contribution in [3.63, 3.8) is 0 Å². The first-order valence-corrected chi connectivity index (χ1v) is 4.14. The fourth-order valence-corrected chi connectivity index (χ4v) is 1.13. The van der Waals surface area contributed by atoms with Gasteiger partial charge in [-0.25, -0.2) is 4.79 Å². The molecule has 0 heterocycles. The highest BCUT2D eigenvalue weighted by Gasteiger charge is 2.16. The van der Waals surface area contributed by atoms with Crippen molar-refractivity contribution >= 4 is 6.03 Å². The first kappa shape index (κ1) is 11.2. The Kier molecular flexibility index (Phi) is 5.45. The largest absolute Gasteiger partial charge is 0.383 e. The Morgan fingerprint density at radius 3 is 2.58 bits per heavy atom. The lowest BCUT2D eigenvalue weighted by Gasteiger charge is -2.26. The van der Waals surface area contributed by atoms with E-state index in [1.165, 1.54) is 0 Å². The molecule has 4 heteroatoms. The zero-order chi connectivity index (χ0) is 9.56. The fraction of sp³-hybridized carbons (Fsp3) is 0.875. The van der Waals surface area contributed by atoms with E-state index < -0.39 is 0 Å². The molecule has 0 aromatic heterocycles. The molecule has 4 nitrogen and oxygen atoms in total. The van der Waals surface area contributed by atoms with Gasteiger partial charge in [-0.2, -0.15) is 0 Å². The number of rotatable bonds is 4. The summed E-state index contributed by atoms with van der Waals surface area (Å²) in [6, 6.07) is 0.0713. The van der Waals surface area contributed by atoms with Crippen molar-refractivity contribution in [2.24, 2.45) is 0 Å². The molecule has 2 amide bonds. The molecule has 0 aromatic carbocycles. The Bertz CT molecular complexity index is 139. The molecule has 1 unspecified atom stereocenters. The molecule has 1 N–H and O–H groups in total. The van der Waals surface area contributed by atoms with Gasteiger partial charge in [0.15, 0.2) is 0 Å². The Morgan fingerprint density at radius 2 is 2.25 bits per heavy atom. The van der Waals surface area contributed by atoms with Crippen LogP contribution in [0.2, 0.25) is 0 Å². The summed E-state index contributed by atoms with van der Waals surface area (Å²) in [5.41, 5.74) is 0. The standard InChI is InChI=1S/C8H18N2O2/c1-5-10(8(11)9-3)7(2)6-12-4/h7H,5-6H2,1-4H3,(H,9,11). The van der Waals surface area contributed by atoms with Gasteiger partial charge in [-0.3, -0.25) is 0 Å². The number of amides is 2. The van der Waals surface area contributed by atoms with Crippen LogP contribution in [0.15, 0.2) is 0 Å². The number of urea groups is 1. The minimum absolute atomic E-state index is 0.0537. The van der Waals surface area contributed by atoms with Crippen LogP contribution in [-0.4, -0.2) is 44.3 Å². The van der Waals surface area contributed by atoms with E-state index in [0.29, 0.717) is 13.2 Å². The minimum Gasteiger partial charge on any atom is -0.383 e. The second-order valence-electron chi connectivity index (χ2n) is 2.65. The normalized spacial score (nSPS) is 12.3. The second kappa shape index (κ2) is 5.83. The van der Waals surface area contributed by atoms with Crippen LogP contribution in [0.3, 0.4) is 0 Å². The van der Waals surface area contributed by atoms with Crippen molar-refractivity contribution in [1.29, 1.82) is 0 Å². The molecule has 0 aromatic rings. The van der Waals surface area contributed by atoms with E-state index in [0.717, 1.165) is 0 Å². The zero-order valence-electron chi connectivity index (χ0n) is 8.26. The number of nitrogens with zero attached hydrogens (tertiary/aromatic N) is 1. The maximum absolute atomic E-state index is 11.2. The van der Waals surface area contributed by atoms with Gasteiger partial charge in [-0.15, -0.1) is 0 Å². The van der Waals surface area contributed by atoms with Crippen LogP contribution in [-0.2, 0) is 4.74 Å². The van der Waals surface area contributed by atoms with E-state index in [1.54, 1.807) is 19.1 Å². The molecule has 0 rings (SSSR count). The van der Waals surface area contributed by atoms with Gasteiger partial charge < -0.3 is 15.0 Å². The number of methoxy groups -OCH3 is 1. The monoisotopic (exact) mass is 174 g/mol. The minimum atomic E-state index is -0.0537. The number of hydrogen-bond donors (Lipinski definition) is 1. The van der Waals surface area contributed by atoms with Crippen LogP contribution in [0.5, 0.6) is 0 Å². The van der Waals surface area contributed by atoms with E-state index in [9.17, 15) is 4.79 Å². The summed E-state index contributed by atoms with van der Waals surface area (Å²) in [5.74, 6) is 0. The predicted octanol–water partition coefficient (Wildman–Crippen LogP) is 0.683. The summed E-state index contributed by atoms with van der Waals surface area (Å²) >= 11 is 0. The molecule has 0 aliphatic heterocycles. The molecule has 1 atom stereocenters. The van der Waals surface area contributed by atoms with E-state index in [2.05, 4.69) is 5.32 Å². The summed E-state index contributed by atoms with van der Waals surface area (Å²) in [6.45, 7) is 5.18. The number of nitrogens with one attached hydrogen (secondary N) is 1. The van der Waals surface area contributed by atoms with Gasteiger partial charge in [0.05, 0.1) is 12.6 Å². The molecule has 0 saturated heterocycles. The quantitative estimate of drug-likeness (QED) is 0.681. The van der Waals surface area contributed by atoms with Crippen LogP contribution >= 0.6 is 0 Å². The van der Waals surface area contributed by atoms with Crippen LogP contribution in [0.1, 0.15) is 13.8 Å². The molecule has 0 saturated carbocycles. The van der Waals surface area contributed by atoms with Crippen molar-refractivity contribution in [3.05, 3.63) is 0 Å². The SMILES string of the molecule is CCN(C(=O)NC)C(C)COC. The van der Waals surface area contributed by atoms with Gasteiger partial charge in [0.25, 0.3) is 0 Å². The molecule has 0 aliphatic rings. The number of ether oxygens (including phenoxy) is 1. The lowest BCUT2D eigenvalue weighted by atomic mass is 10.3. The highest BCUT2D eigenvalue weighted by atomic mass is 16.5. The van der Waals surface area contributed by atoms with Crippen LogP contribution in [0, 0.1) is 0 Å². The Labute approximate surface area is 73.9 Å². The first-order chi connectivity index (χ1) is 5.67. The van der Waals surface area contributed by atoms with Crippen molar-refractivity contribution in [1.82, 2.24) is 10.2 Å². The zero-order valence-corrected chi connectivity index (χ0v) is 8.26. The molecular weight excluding hydrogens is 156 g/mol. The topological polar surface area (TPSA) is 41.6 Å². The second-order valence-corrected chi connectivity index (χ2v) is 2.65. The lowest BCUT2D eigenvalue weighted by Crippen LogP contribution is -2.45. The molecule has 12 heavy (non-hydrogen) atoms.